The molecule has 0 aliphatic carbocycles. The summed E-state index contributed by atoms with van der Waals surface area (Å²) in [6.07, 6.45) is 0. The highest BCUT2D eigenvalue weighted by molar-refractivity contribution is 5.71. The monoisotopic (exact) mass is 295 g/mol. The van der Waals surface area contributed by atoms with E-state index >= 15 is 0 Å². The Bertz CT molecular complexity index is 606. The third-order valence-electron chi connectivity index (χ3n) is 3.10. The van der Waals surface area contributed by atoms with Gasteiger partial charge in [0.05, 0.1) is 0 Å². The second-order valence-corrected chi connectivity index (χ2v) is 5.30. The Labute approximate surface area is 122 Å². The average Bonchev–Trinajstić information content (AvgIpc) is 2.67. The first-order chi connectivity index (χ1) is 9.88. The summed E-state index contributed by atoms with van der Waals surface area (Å²) in [5.41, 5.74) is 7.59. The van der Waals surface area contributed by atoms with Crippen LogP contribution < -0.4 is 10.5 Å². The number of hydrogen-bond donors (Lipinski definition) is 1. The Balaban J connectivity index is 2.30. The number of benzene rings is 1. The van der Waals surface area contributed by atoms with Crippen LogP contribution in [-0.2, 0) is 6.54 Å². The molecule has 21 heavy (non-hydrogen) atoms. The van der Waals surface area contributed by atoms with Gasteiger partial charge in [-0.1, -0.05) is 13.8 Å². The molecule has 0 atom stereocenters. The summed E-state index contributed by atoms with van der Waals surface area (Å²) in [5.74, 6) is 1.99. The van der Waals surface area contributed by atoms with E-state index in [2.05, 4.69) is 23.6 Å². The molecule has 0 amide bonds. The van der Waals surface area contributed by atoms with Crippen LogP contribution in [0.3, 0.4) is 0 Å². The van der Waals surface area contributed by atoms with Gasteiger partial charge in [0.25, 0.3) is 0 Å². The van der Waals surface area contributed by atoms with Crippen LogP contribution in [0.1, 0.15) is 19.7 Å². The Hall–Kier alpha value is -2.11. The minimum absolute atomic E-state index is 0.116. The van der Waals surface area contributed by atoms with E-state index in [4.69, 9.17) is 5.73 Å². The van der Waals surface area contributed by atoms with Gasteiger partial charge in [0.1, 0.15) is 23.1 Å². The standard InChI is InChI=1S/C15H19F2N3O/c1-9(2)8-20-10(3)19-13(14(20)18)11-4-6-12(7-5-11)21-15(16)17/h4-7,9,15H,8,18H2,1-3H3. The summed E-state index contributed by atoms with van der Waals surface area (Å²) in [7, 11) is 0. The third kappa shape index (κ3) is 3.51. The number of nitrogens with zero attached hydrogens (tertiary/aromatic N) is 2. The van der Waals surface area contributed by atoms with Gasteiger partial charge in [0.2, 0.25) is 0 Å². The fraction of sp³-hybridized carbons (Fsp3) is 0.400. The molecule has 1 aromatic heterocycles. The number of halogens is 2. The number of hydrogen-bond acceptors (Lipinski definition) is 3. The molecule has 0 saturated carbocycles. The largest absolute Gasteiger partial charge is 0.435 e. The highest BCUT2D eigenvalue weighted by atomic mass is 19.3. The number of ether oxygens (including phenoxy) is 1. The van der Waals surface area contributed by atoms with Gasteiger partial charge in [-0.05, 0) is 37.1 Å². The molecule has 0 saturated heterocycles. The highest BCUT2D eigenvalue weighted by Crippen LogP contribution is 2.28. The zero-order valence-corrected chi connectivity index (χ0v) is 12.3. The summed E-state index contributed by atoms with van der Waals surface area (Å²) in [6.45, 7) is 4.08. The van der Waals surface area contributed by atoms with Gasteiger partial charge in [-0.15, -0.1) is 0 Å². The lowest BCUT2D eigenvalue weighted by Gasteiger charge is -2.10. The van der Waals surface area contributed by atoms with E-state index in [0.717, 1.165) is 17.9 Å². The van der Waals surface area contributed by atoms with Crippen LogP contribution >= 0.6 is 0 Å². The second kappa shape index (κ2) is 6.11. The van der Waals surface area contributed by atoms with Gasteiger partial charge in [0, 0.05) is 12.1 Å². The maximum absolute atomic E-state index is 12.1. The van der Waals surface area contributed by atoms with Crippen molar-refractivity contribution in [3.05, 3.63) is 30.1 Å². The molecule has 114 valence electrons. The fourth-order valence-corrected chi connectivity index (χ4v) is 2.18. The van der Waals surface area contributed by atoms with Crippen LogP contribution in [0.4, 0.5) is 14.6 Å². The van der Waals surface area contributed by atoms with Crippen molar-refractivity contribution in [2.24, 2.45) is 5.92 Å². The van der Waals surface area contributed by atoms with Crippen LogP contribution in [0.5, 0.6) is 5.75 Å². The molecule has 0 radical (unpaired) electrons. The van der Waals surface area contributed by atoms with Gasteiger partial charge in [-0.3, -0.25) is 0 Å². The Morgan fingerprint density at radius 1 is 1.24 bits per heavy atom. The minimum atomic E-state index is -2.83. The Kier molecular flexibility index (Phi) is 4.45. The van der Waals surface area contributed by atoms with Crippen molar-refractivity contribution in [1.29, 1.82) is 0 Å². The summed E-state index contributed by atoms with van der Waals surface area (Å²) in [4.78, 5) is 4.47. The van der Waals surface area contributed by atoms with Crippen LogP contribution in [0, 0.1) is 12.8 Å². The summed E-state index contributed by atoms with van der Waals surface area (Å²) in [5, 5.41) is 0. The van der Waals surface area contributed by atoms with Crippen molar-refractivity contribution in [3.8, 4) is 17.0 Å². The highest BCUT2D eigenvalue weighted by Gasteiger charge is 2.14. The lowest BCUT2D eigenvalue weighted by molar-refractivity contribution is -0.0498. The molecule has 1 aromatic carbocycles. The van der Waals surface area contributed by atoms with Gasteiger partial charge in [-0.2, -0.15) is 8.78 Å². The van der Waals surface area contributed by atoms with Crippen molar-refractivity contribution < 1.29 is 13.5 Å². The summed E-state index contributed by atoms with van der Waals surface area (Å²) < 4.78 is 30.5. The van der Waals surface area contributed by atoms with Crippen molar-refractivity contribution >= 4 is 5.82 Å². The van der Waals surface area contributed by atoms with Crippen molar-refractivity contribution in [3.63, 3.8) is 0 Å². The van der Waals surface area contributed by atoms with Crippen molar-refractivity contribution in [2.75, 3.05) is 5.73 Å². The van der Waals surface area contributed by atoms with Gasteiger partial charge in [0.15, 0.2) is 0 Å². The predicted octanol–water partition coefficient (Wildman–Crippen LogP) is 3.70. The van der Waals surface area contributed by atoms with Crippen molar-refractivity contribution in [2.45, 2.75) is 33.9 Å². The number of nitrogens with two attached hydrogens (primary N) is 1. The number of rotatable bonds is 5. The van der Waals surface area contributed by atoms with Gasteiger partial charge in [-0.25, -0.2) is 4.98 Å². The maximum atomic E-state index is 12.1. The van der Waals surface area contributed by atoms with E-state index in [1.807, 2.05) is 11.5 Å². The second-order valence-electron chi connectivity index (χ2n) is 5.30. The molecule has 0 aliphatic heterocycles. The van der Waals surface area contributed by atoms with E-state index in [9.17, 15) is 8.78 Å². The molecule has 2 aromatic rings. The Morgan fingerprint density at radius 3 is 2.38 bits per heavy atom. The zero-order valence-electron chi connectivity index (χ0n) is 12.3. The molecule has 1 heterocycles. The van der Waals surface area contributed by atoms with Crippen molar-refractivity contribution in [1.82, 2.24) is 9.55 Å². The third-order valence-corrected chi connectivity index (χ3v) is 3.10. The van der Waals surface area contributed by atoms with Gasteiger partial charge < -0.3 is 15.0 Å². The smallest absolute Gasteiger partial charge is 0.387 e. The average molecular weight is 295 g/mol. The molecule has 2 N–H and O–H groups in total. The number of aryl methyl sites for hydroxylation is 1. The maximum Gasteiger partial charge on any atom is 0.387 e. The molecular weight excluding hydrogens is 276 g/mol. The van der Waals surface area contributed by atoms with E-state index < -0.39 is 6.61 Å². The number of alkyl halides is 2. The zero-order chi connectivity index (χ0) is 15.6. The molecule has 0 unspecified atom stereocenters. The van der Waals surface area contributed by atoms with Crippen LogP contribution in [0.15, 0.2) is 24.3 Å². The lowest BCUT2D eigenvalue weighted by atomic mass is 10.1. The first-order valence-electron chi connectivity index (χ1n) is 6.76. The topological polar surface area (TPSA) is 53.1 Å². The predicted molar refractivity (Wildman–Crippen MR) is 78.3 cm³/mol. The van der Waals surface area contributed by atoms with E-state index in [1.165, 1.54) is 12.1 Å². The first-order valence-corrected chi connectivity index (χ1v) is 6.76. The molecule has 0 aliphatic rings. The fourth-order valence-electron chi connectivity index (χ4n) is 2.18. The number of nitrogen functional groups attached to an aromatic ring is 1. The first kappa shape index (κ1) is 15.3. The van der Waals surface area contributed by atoms with E-state index in [-0.39, 0.29) is 5.75 Å². The van der Waals surface area contributed by atoms with E-state index in [0.29, 0.717) is 17.4 Å². The molecule has 2 rings (SSSR count). The van der Waals surface area contributed by atoms with Crippen LogP contribution in [0.25, 0.3) is 11.3 Å². The lowest BCUT2D eigenvalue weighted by Crippen LogP contribution is -2.09. The Morgan fingerprint density at radius 2 is 1.86 bits per heavy atom. The molecule has 0 fully saturated rings. The quantitative estimate of drug-likeness (QED) is 0.915. The number of aromatic nitrogens is 2. The van der Waals surface area contributed by atoms with Gasteiger partial charge >= 0.3 is 6.61 Å². The number of anilines is 1. The molecule has 4 nitrogen and oxygen atoms in total. The normalized spacial score (nSPS) is 11.4. The molecule has 0 bridgehead atoms. The molecule has 6 heteroatoms. The number of imidazole rings is 1. The minimum Gasteiger partial charge on any atom is -0.435 e. The van der Waals surface area contributed by atoms with Crippen LogP contribution in [0.2, 0.25) is 0 Å². The summed E-state index contributed by atoms with van der Waals surface area (Å²) >= 11 is 0. The summed E-state index contributed by atoms with van der Waals surface area (Å²) in [6, 6.07) is 6.32. The molecule has 0 spiro atoms. The molecular formula is C15H19F2N3O. The van der Waals surface area contributed by atoms with Crippen LogP contribution in [-0.4, -0.2) is 16.2 Å². The SMILES string of the molecule is Cc1nc(-c2ccc(OC(F)F)cc2)c(N)n1CC(C)C. The van der Waals surface area contributed by atoms with E-state index in [1.54, 1.807) is 12.1 Å².